The smallest absolute Gasteiger partial charge is 0.279 e. The summed E-state index contributed by atoms with van der Waals surface area (Å²) < 4.78 is 0.195. The number of likely N-dealkylation sites (N-methyl/N-ethyl adjacent to an activating group) is 1. The molecule has 0 heterocycles. The fourth-order valence-electron chi connectivity index (χ4n) is 3.27. The van der Waals surface area contributed by atoms with Crippen LogP contribution in [0.2, 0.25) is 0 Å². The maximum atomic E-state index is 13.1. The van der Waals surface area contributed by atoms with Gasteiger partial charge in [0.15, 0.2) is 6.54 Å². The van der Waals surface area contributed by atoms with Gasteiger partial charge in [0, 0.05) is 11.9 Å². The molecule has 25 heavy (non-hydrogen) atoms. The number of rotatable bonds is 7. The maximum Gasteiger partial charge on any atom is 0.279 e. The number of hydrogen-bond acceptors (Lipinski definition) is 2. The van der Waals surface area contributed by atoms with Gasteiger partial charge in [-0.05, 0) is 44.4 Å². The first kappa shape index (κ1) is 19.2. The molecular formula is C21H28N2O2. The molecule has 0 radical (unpaired) electrons. The first-order valence-corrected chi connectivity index (χ1v) is 8.86. The molecule has 134 valence electrons. The molecule has 0 spiro atoms. The Bertz CT molecular complexity index is 689. The minimum Gasteiger partial charge on any atom is -0.802 e. The second kappa shape index (κ2) is 8.28. The van der Waals surface area contributed by atoms with Gasteiger partial charge in [-0.3, -0.25) is 4.79 Å². The van der Waals surface area contributed by atoms with Gasteiger partial charge in [0.25, 0.3) is 5.91 Å². The molecule has 0 bridgehead atoms. The Hall–Kier alpha value is -2.17. The van der Waals surface area contributed by atoms with Crippen molar-refractivity contribution in [1.29, 1.82) is 0 Å². The molecular weight excluding hydrogens is 312 g/mol. The topological polar surface area (TPSA) is 52.2 Å². The molecule has 0 aliphatic heterocycles. The largest absolute Gasteiger partial charge is 0.802 e. The summed E-state index contributed by atoms with van der Waals surface area (Å²) >= 11 is 0. The molecule has 4 heteroatoms. The Morgan fingerprint density at radius 2 is 1.56 bits per heavy atom. The summed E-state index contributed by atoms with van der Waals surface area (Å²) in [5.41, 5.74) is 3.63. The Labute approximate surface area is 150 Å². The van der Waals surface area contributed by atoms with Crippen molar-refractivity contribution in [3.63, 3.8) is 0 Å². The van der Waals surface area contributed by atoms with E-state index in [2.05, 4.69) is 5.32 Å². The van der Waals surface area contributed by atoms with Crippen molar-refractivity contribution in [3.05, 3.63) is 65.2 Å². The van der Waals surface area contributed by atoms with Crippen LogP contribution in [0.1, 0.15) is 36.8 Å². The van der Waals surface area contributed by atoms with Crippen LogP contribution in [0.25, 0.3) is 0 Å². The quantitative estimate of drug-likeness (QED) is 0.622. The fourth-order valence-corrected chi connectivity index (χ4v) is 3.27. The molecule has 0 saturated carbocycles. The number of hydrogen-bond donors (Lipinski definition) is 1. The molecule has 2 rings (SSSR count). The molecule has 2 aromatic carbocycles. The first-order chi connectivity index (χ1) is 11.9. The number of nitrogens with one attached hydrogen (secondary N) is 1. The molecule has 2 aromatic rings. The van der Waals surface area contributed by atoms with Crippen molar-refractivity contribution in [1.82, 2.24) is 0 Å². The minimum absolute atomic E-state index is 0.113. The Morgan fingerprint density at radius 1 is 1.00 bits per heavy atom. The Kier molecular flexibility index (Phi) is 6.34. The third-order valence-electron chi connectivity index (χ3n) is 5.05. The van der Waals surface area contributed by atoms with E-state index in [-0.39, 0.29) is 16.9 Å². The van der Waals surface area contributed by atoms with Crippen molar-refractivity contribution in [2.75, 3.05) is 25.0 Å². The highest BCUT2D eigenvalue weighted by atomic mass is 16.3. The van der Waals surface area contributed by atoms with Crippen molar-refractivity contribution in [2.45, 2.75) is 33.9 Å². The highest BCUT2D eigenvalue weighted by molar-refractivity contribution is 5.93. The van der Waals surface area contributed by atoms with E-state index in [1.54, 1.807) is 0 Å². The number of para-hydroxylation sites is 1. The van der Waals surface area contributed by atoms with Gasteiger partial charge < -0.3 is 14.9 Å². The number of quaternary nitrogens is 1. The molecule has 1 unspecified atom stereocenters. The van der Waals surface area contributed by atoms with Crippen LogP contribution in [0, 0.1) is 13.8 Å². The number of benzene rings is 2. The van der Waals surface area contributed by atoms with Gasteiger partial charge in [0.2, 0.25) is 0 Å². The van der Waals surface area contributed by atoms with Gasteiger partial charge in [0.05, 0.1) is 13.1 Å². The van der Waals surface area contributed by atoms with Crippen LogP contribution in [0.15, 0.2) is 48.5 Å². The van der Waals surface area contributed by atoms with E-state index in [9.17, 15) is 9.90 Å². The molecule has 1 atom stereocenters. The highest BCUT2D eigenvalue weighted by Crippen LogP contribution is 2.25. The molecule has 1 N–H and O–H groups in total. The second-order valence-corrected chi connectivity index (χ2v) is 6.59. The van der Waals surface area contributed by atoms with Crippen molar-refractivity contribution >= 4 is 11.6 Å². The zero-order valence-corrected chi connectivity index (χ0v) is 15.6. The number of carbonyl (C=O) groups excluding carboxylic acids is 1. The lowest BCUT2D eigenvalue weighted by Crippen LogP contribution is -2.58. The predicted octanol–water partition coefficient (Wildman–Crippen LogP) is 3.16. The minimum atomic E-state index is -0.972. The van der Waals surface area contributed by atoms with Gasteiger partial charge in [-0.25, -0.2) is 0 Å². The van der Waals surface area contributed by atoms with E-state index in [0.29, 0.717) is 13.1 Å². The van der Waals surface area contributed by atoms with Crippen LogP contribution in [-0.4, -0.2) is 30.0 Å². The molecule has 0 aromatic heterocycles. The van der Waals surface area contributed by atoms with Crippen LogP contribution >= 0.6 is 0 Å². The zero-order chi connectivity index (χ0) is 18.4. The van der Waals surface area contributed by atoms with Crippen LogP contribution in [-0.2, 0) is 4.79 Å². The van der Waals surface area contributed by atoms with Crippen LogP contribution in [0.5, 0.6) is 0 Å². The van der Waals surface area contributed by atoms with E-state index in [0.717, 1.165) is 22.4 Å². The van der Waals surface area contributed by atoms with Crippen molar-refractivity contribution in [2.24, 2.45) is 0 Å². The highest BCUT2D eigenvalue weighted by Gasteiger charge is 2.31. The van der Waals surface area contributed by atoms with Crippen LogP contribution < -0.4 is 10.4 Å². The molecule has 4 nitrogen and oxygen atoms in total. The number of carbonyl (C=O) groups is 1. The molecule has 0 saturated heterocycles. The summed E-state index contributed by atoms with van der Waals surface area (Å²) in [7, 11) is 0. The molecule has 0 fully saturated rings. The monoisotopic (exact) mass is 340 g/mol. The Balaban J connectivity index is 2.22. The number of amides is 1. The summed E-state index contributed by atoms with van der Waals surface area (Å²) in [4.78, 5) is 12.7. The standard InChI is InChI=1S/C21H28N2O2/c1-5-23(6-2,21(25)18-13-8-7-9-14-18)15-19(24)22-20-16(3)11-10-12-17(20)4/h7-14,21H,5-6,15H2,1-4H3,(H,22,24). The van der Waals surface area contributed by atoms with E-state index in [1.165, 1.54) is 0 Å². The average Bonchev–Trinajstić information content (AvgIpc) is 2.63. The van der Waals surface area contributed by atoms with Gasteiger partial charge in [-0.2, -0.15) is 0 Å². The molecule has 1 amide bonds. The van der Waals surface area contributed by atoms with E-state index in [1.807, 2.05) is 76.2 Å². The average molecular weight is 340 g/mol. The lowest BCUT2D eigenvalue weighted by Gasteiger charge is -2.47. The lowest BCUT2D eigenvalue weighted by molar-refractivity contribution is -1.01. The summed E-state index contributed by atoms with van der Waals surface area (Å²) in [5, 5.41) is 16.1. The lowest BCUT2D eigenvalue weighted by atomic mass is 10.1. The Morgan fingerprint density at radius 3 is 2.08 bits per heavy atom. The van der Waals surface area contributed by atoms with Crippen LogP contribution in [0.3, 0.4) is 0 Å². The van der Waals surface area contributed by atoms with Gasteiger partial charge in [-0.15, -0.1) is 0 Å². The zero-order valence-electron chi connectivity index (χ0n) is 15.6. The number of anilines is 1. The van der Waals surface area contributed by atoms with Crippen LogP contribution in [0.4, 0.5) is 5.69 Å². The van der Waals surface area contributed by atoms with E-state index in [4.69, 9.17) is 0 Å². The predicted molar refractivity (Wildman–Crippen MR) is 99.9 cm³/mol. The van der Waals surface area contributed by atoms with Gasteiger partial charge >= 0.3 is 0 Å². The molecule has 0 aliphatic rings. The summed E-state index contributed by atoms with van der Waals surface area (Å²) in [6, 6.07) is 15.3. The van der Waals surface area contributed by atoms with Crippen molar-refractivity contribution in [3.8, 4) is 0 Å². The number of aryl methyl sites for hydroxylation is 2. The number of nitrogens with zero attached hydrogens (tertiary/aromatic N) is 1. The summed E-state index contributed by atoms with van der Waals surface area (Å²) in [5.74, 6) is -0.113. The van der Waals surface area contributed by atoms with Gasteiger partial charge in [0.1, 0.15) is 0 Å². The van der Waals surface area contributed by atoms with E-state index >= 15 is 0 Å². The third kappa shape index (κ3) is 4.27. The van der Waals surface area contributed by atoms with E-state index < -0.39 is 6.23 Å². The van der Waals surface area contributed by atoms with Gasteiger partial charge in [-0.1, -0.05) is 48.5 Å². The fraction of sp³-hybridized carbons (Fsp3) is 0.381. The SMILES string of the molecule is CC[N+](CC)(CC(=O)Nc1c(C)cccc1C)C([O-])c1ccccc1. The normalized spacial score (nSPS) is 12.7. The first-order valence-electron chi connectivity index (χ1n) is 8.86. The summed E-state index contributed by atoms with van der Waals surface area (Å²) in [6.07, 6.45) is -0.972. The maximum absolute atomic E-state index is 13.1. The summed E-state index contributed by atoms with van der Waals surface area (Å²) in [6.45, 7) is 9.30. The second-order valence-electron chi connectivity index (χ2n) is 6.59. The molecule has 0 aliphatic carbocycles. The van der Waals surface area contributed by atoms with Crippen molar-refractivity contribution < 1.29 is 14.4 Å². The third-order valence-corrected chi connectivity index (χ3v) is 5.05.